The number of amides is 2. The highest BCUT2D eigenvalue weighted by Gasteiger charge is 2.45. The molecule has 2 aromatic rings. The number of ether oxygens (including phenoxy) is 4. The van der Waals surface area contributed by atoms with E-state index >= 15 is 0 Å². The molecule has 2 saturated heterocycles. The van der Waals surface area contributed by atoms with E-state index in [4.69, 9.17) is 18.9 Å². The molecule has 2 amide bonds. The minimum atomic E-state index is -0.335. The Bertz CT molecular complexity index is 1150. The van der Waals surface area contributed by atoms with Crippen molar-refractivity contribution >= 4 is 17.5 Å². The first kappa shape index (κ1) is 26.0. The van der Waals surface area contributed by atoms with Gasteiger partial charge in [0, 0.05) is 51.1 Å². The van der Waals surface area contributed by atoms with Gasteiger partial charge in [0.05, 0.1) is 40.0 Å². The SMILES string of the molecule is COc1ccccc1N1CCN(C(=O)[C@H]2CN(C(=O)C3CC3)C[C@@H]2c2cc(OC)c(OC)c(OC)c2)CC1. The summed E-state index contributed by atoms with van der Waals surface area (Å²) in [5.41, 5.74) is 1.95. The minimum absolute atomic E-state index is 0.0922. The Morgan fingerprint density at radius 1 is 0.737 bits per heavy atom. The van der Waals surface area contributed by atoms with Gasteiger partial charge in [0.2, 0.25) is 17.6 Å². The molecule has 0 radical (unpaired) electrons. The zero-order valence-electron chi connectivity index (χ0n) is 22.6. The van der Waals surface area contributed by atoms with Crippen molar-refractivity contribution in [3.8, 4) is 23.0 Å². The van der Waals surface area contributed by atoms with Gasteiger partial charge in [0.1, 0.15) is 5.75 Å². The fraction of sp³-hybridized carbons (Fsp3) is 0.517. The van der Waals surface area contributed by atoms with Crippen LogP contribution in [-0.4, -0.2) is 89.3 Å². The molecule has 2 heterocycles. The summed E-state index contributed by atoms with van der Waals surface area (Å²) in [6.07, 6.45) is 1.88. The third-order valence-corrected chi connectivity index (χ3v) is 8.01. The molecular weight excluding hydrogens is 486 g/mol. The number of methoxy groups -OCH3 is 4. The number of anilines is 1. The summed E-state index contributed by atoms with van der Waals surface area (Å²) in [6, 6.07) is 11.8. The van der Waals surface area contributed by atoms with Crippen molar-refractivity contribution in [3.05, 3.63) is 42.0 Å². The van der Waals surface area contributed by atoms with Crippen LogP contribution in [0.25, 0.3) is 0 Å². The second-order valence-corrected chi connectivity index (χ2v) is 10.2. The van der Waals surface area contributed by atoms with E-state index in [1.165, 1.54) is 0 Å². The van der Waals surface area contributed by atoms with E-state index in [1.807, 2.05) is 40.1 Å². The Kier molecular flexibility index (Phi) is 7.53. The van der Waals surface area contributed by atoms with E-state index in [9.17, 15) is 9.59 Å². The quantitative estimate of drug-likeness (QED) is 0.526. The van der Waals surface area contributed by atoms with E-state index in [0.717, 1.165) is 42.9 Å². The lowest BCUT2D eigenvalue weighted by Crippen LogP contribution is -2.51. The summed E-state index contributed by atoms with van der Waals surface area (Å²) < 4.78 is 22.2. The van der Waals surface area contributed by atoms with Gasteiger partial charge in [-0.15, -0.1) is 0 Å². The fourth-order valence-electron chi connectivity index (χ4n) is 5.77. The Morgan fingerprint density at radius 2 is 1.37 bits per heavy atom. The average Bonchev–Trinajstić information content (AvgIpc) is 3.73. The Labute approximate surface area is 224 Å². The van der Waals surface area contributed by atoms with Gasteiger partial charge in [-0.1, -0.05) is 12.1 Å². The van der Waals surface area contributed by atoms with Crippen LogP contribution in [-0.2, 0) is 9.59 Å². The first-order chi connectivity index (χ1) is 18.5. The average molecular weight is 524 g/mol. The maximum absolute atomic E-state index is 14.0. The fourth-order valence-corrected chi connectivity index (χ4v) is 5.77. The molecular formula is C29H37N3O6. The lowest BCUT2D eigenvalue weighted by atomic mass is 9.87. The first-order valence-corrected chi connectivity index (χ1v) is 13.2. The number of carbonyl (C=O) groups excluding carboxylic acids is 2. The Morgan fingerprint density at radius 3 is 1.95 bits per heavy atom. The number of carbonyl (C=O) groups is 2. The number of likely N-dealkylation sites (tertiary alicyclic amines) is 1. The zero-order chi connectivity index (χ0) is 26.8. The second kappa shape index (κ2) is 11.0. The largest absolute Gasteiger partial charge is 0.495 e. The molecule has 0 N–H and O–H groups in total. The van der Waals surface area contributed by atoms with Gasteiger partial charge in [0.15, 0.2) is 11.5 Å². The van der Waals surface area contributed by atoms with Gasteiger partial charge in [-0.25, -0.2) is 0 Å². The van der Waals surface area contributed by atoms with E-state index in [0.29, 0.717) is 43.4 Å². The van der Waals surface area contributed by atoms with Crippen LogP contribution >= 0.6 is 0 Å². The lowest BCUT2D eigenvalue weighted by Gasteiger charge is -2.38. The van der Waals surface area contributed by atoms with Crippen LogP contribution in [0.5, 0.6) is 23.0 Å². The maximum atomic E-state index is 14.0. The number of para-hydroxylation sites is 2. The van der Waals surface area contributed by atoms with Gasteiger partial charge in [-0.3, -0.25) is 9.59 Å². The van der Waals surface area contributed by atoms with Crippen molar-refractivity contribution in [1.29, 1.82) is 0 Å². The first-order valence-electron chi connectivity index (χ1n) is 13.2. The Hall–Kier alpha value is -3.62. The molecule has 0 unspecified atom stereocenters. The van der Waals surface area contributed by atoms with Crippen LogP contribution in [0.4, 0.5) is 5.69 Å². The molecule has 1 aliphatic carbocycles. The molecule has 0 aromatic heterocycles. The molecule has 38 heavy (non-hydrogen) atoms. The molecule has 3 fully saturated rings. The van der Waals surface area contributed by atoms with Gasteiger partial charge in [0.25, 0.3) is 0 Å². The summed E-state index contributed by atoms with van der Waals surface area (Å²) in [5, 5.41) is 0. The van der Waals surface area contributed by atoms with Crippen molar-refractivity contribution < 1.29 is 28.5 Å². The second-order valence-electron chi connectivity index (χ2n) is 10.2. The highest BCUT2D eigenvalue weighted by Crippen LogP contribution is 2.44. The summed E-state index contributed by atoms with van der Waals surface area (Å²) in [4.78, 5) is 33.1. The highest BCUT2D eigenvalue weighted by atomic mass is 16.5. The molecule has 2 aliphatic heterocycles. The molecule has 3 aliphatic rings. The number of piperazine rings is 1. The van der Waals surface area contributed by atoms with Crippen molar-refractivity contribution in [1.82, 2.24) is 9.80 Å². The van der Waals surface area contributed by atoms with E-state index < -0.39 is 0 Å². The molecule has 2 atom stereocenters. The number of benzene rings is 2. The van der Waals surface area contributed by atoms with Gasteiger partial charge < -0.3 is 33.6 Å². The third kappa shape index (κ3) is 4.93. The van der Waals surface area contributed by atoms with Crippen LogP contribution in [0.3, 0.4) is 0 Å². The van der Waals surface area contributed by atoms with E-state index in [1.54, 1.807) is 28.4 Å². The van der Waals surface area contributed by atoms with Gasteiger partial charge >= 0.3 is 0 Å². The topological polar surface area (TPSA) is 80.8 Å². The molecule has 9 heteroatoms. The van der Waals surface area contributed by atoms with E-state index in [-0.39, 0.29) is 29.6 Å². The zero-order valence-corrected chi connectivity index (χ0v) is 22.6. The van der Waals surface area contributed by atoms with Crippen molar-refractivity contribution in [2.45, 2.75) is 18.8 Å². The summed E-state index contributed by atoms with van der Waals surface area (Å²) in [7, 11) is 6.42. The standard InChI is InChI=1S/C29H37N3O6/c1-35-24-8-6-5-7-23(24)30-11-13-31(14-12-30)29(34)22-18-32(28(33)19-9-10-19)17-21(22)20-15-25(36-2)27(38-4)26(16-20)37-3/h5-8,15-16,19,21-22H,9-14,17-18H2,1-4H3/t21-,22+/m1/s1. The molecule has 204 valence electrons. The molecule has 0 spiro atoms. The molecule has 0 bridgehead atoms. The third-order valence-electron chi connectivity index (χ3n) is 8.01. The lowest BCUT2D eigenvalue weighted by molar-refractivity contribution is -0.136. The maximum Gasteiger partial charge on any atom is 0.228 e. The van der Waals surface area contributed by atoms with E-state index in [2.05, 4.69) is 11.0 Å². The van der Waals surface area contributed by atoms with Crippen molar-refractivity contribution in [2.24, 2.45) is 11.8 Å². The van der Waals surface area contributed by atoms with Gasteiger partial charge in [-0.2, -0.15) is 0 Å². The van der Waals surface area contributed by atoms with Crippen LogP contribution < -0.4 is 23.8 Å². The molecule has 5 rings (SSSR count). The van der Waals surface area contributed by atoms with Crippen LogP contribution in [0, 0.1) is 11.8 Å². The predicted octanol–water partition coefficient (Wildman–Crippen LogP) is 3.02. The summed E-state index contributed by atoms with van der Waals surface area (Å²) in [6.45, 7) is 3.61. The molecule has 2 aromatic carbocycles. The minimum Gasteiger partial charge on any atom is -0.495 e. The normalized spacial score (nSPS) is 21.3. The van der Waals surface area contributed by atoms with Crippen LogP contribution in [0.1, 0.15) is 24.3 Å². The number of hydrogen-bond acceptors (Lipinski definition) is 7. The number of rotatable bonds is 8. The van der Waals surface area contributed by atoms with Crippen LogP contribution in [0.2, 0.25) is 0 Å². The molecule has 1 saturated carbocycles. The Balaban J connectivity index is 1.38. The number of hydrogen-bond donors (Lipinski definition) is 0. The number of nitrogens with zero attached hydrogens (tertiary/aromatic N) is 3. The smallest absolute Gasteiger partial charge is 0.228 e. The summed E-state index contributed by atoms with van der Waals surface area (Å²) in [5.74, 6) is 2.31. The van der Waals surface area contributed by atoms with Gasteiger partial charge in [-0.05, 0) is 42.7 Å². The molecule has 9 nitrogen and oxygen atoms in total. The summed E-state index contributed by atoms with van der Waals surface area (Å²) >= 11 is 0. The van der Waals surface area contributed by atoms with Crippen LogP contribution in [0.15, 0.2) is 36.4 Å². The highest BCUT2D eigenvalue weighted by molar-refractivity contribution is 5.85. The van der Waals surface area contributed by atoms with Crippen molar-refractivity contribution in [3.63, 3.8) is 0 Å². The van der Waals surface area contributed by atoms with Crippen molar-refractivity contribution in [2.75, 3.05) is 72.6 Å². The monoisotopic (exact) mass is 523 g/mol. The predicted molar refractivity (Wildman–Crippen MR) is 143 cm³/mol.